The summed E-state index contributed by atoms with van der Waals surface area (Å²) in [6, 6.07) is 2.69. The van der Waals surface area contributed by atoms with E-state index in [1.165, 1.54) is 0 Å². The summed E-state index contributed by atoms with van der Waals surface area (Å²) in [4.78, 5) is 12.2. The summed E-state index contributed by atoms with van der Waals surface area (Å²) in [5.74, 6) is 0.816. The van der Waals surface area contributed by atoms with Crippen LogP contribution in [0, 0.1) is 5.92 Å². The molecular weight excluding hydrogens is 348 g/mol. The highest BCUT2D eigenvalue weighted by atomic mass is 35.5. The molecule has 1 saturated heterocycles. The first-order valence-electron chi connectivity index (χ1n) is 8.44. The van der Waals surface area contributed by atoms with Crippen LogP contribution in [0.15, 0.2) is 12.1 Å². The third-order valence-corrected chi connectivity index (χ3v) is 4.83. The van der Waals surface area contributed by atoms with Gasteiger partial charge in [0, 0.05) is 19.8 Å². The van der Waals surface area contributed by atoms with E-state index in [-0.39, 0.29) is 18.4 Å². The standard InChI is InChI=1S/C17H23ClN2O5/c18-12-7-11(8-14-16(12)25-6-5-24-14)13(21)9-20-17(22)15(19)10-1-3-23-4-2-10/h7-8,10,13,15,21H,1-6,9,19H2,(H,20,22). The maximum absolute atomic E-state index is 12.2. The number of benzene rings is 1. The van der Waals surface area contributed by atoms with Gasteiger partial charge in [0.1, 0.15) is 13.2 Å². The molecule has 2 atom stereocenters. The van der Waals surface area contributed by atoms with Crippen LogP contribution in [-0.2, 0) is 9.53 Å². The molecule has 0 bridgehead atoms. The number of carbonyl (C=O) groups excluding carboxylic acids is 1. The lowest BCUT2D eigenvalue weighted by atomic mass is 9.92. The predicted molar refractivity (Wildman–Crippen MR) is 91.9 cm³/mol. The zero-order valence-corrected chi connectivity index (χ0v) is 14.6. The first-order chi connectivity index (χ1) is 12.1. The van der Waals surface area contributed by atoms with E-state index >= 15 is 0 Å². The third-order valence-electron chi connectivity index (χ3n) is 4.55. The van der Waals surface area contributed by atoms with Gasteiger partial charge in [0.25, 0.3) is 0 Å². The lowest BCUT2D eigenvalue weighted by Crippen LogP contribution is -2.47. The number of nitrogens with one attached hydrogen (secondary N) is 1. The molecule has 2 aliphatic heterocycles. The number of fused-ring (bicyclic) bond motifs is 1. The Balaban J connectivity index is 1.57. The van der Waals surface area contributed by atoms with Crippen molar-refractivity contribution in [1.82, 2.24) is 5.32 Å². The Morgan fingerprint density at radius 1 is 1.28 bits per heavy atom. The molecule has 0 radical (unpaired) electrons. The SMILES string of the molecule is NC(C(=O)NCC(O)c1cc(Cl)c2c(c1)OCCO2)C1CCOCC1. The number of carbonyl (C=O) groups is 1. The highest BCUT2D eigenvalue weighted by Gasteiger charge is 2.27. The average molecular weight is 371 g/mol. The number of hydrogen-bond acceptors (Lipinski definition) is 6. The number of nitrogens with two attached hydrogens (primary N) is 1. The zero-order chi connectivity index (χ0) is 17.8. The number of amides is 1. The molecule has 2 aliphatic rings. The van der Waals surface area contributed by atoms with Crippen LogP contribution in [0.4, 0.5) is 0 Å². The quantitative estimate of drug-likeness (QED) is 0.715. The maximum Gasteiger partial charge on any atom is 0.237 e. The van der Waals surface area contributed by atoms with E-state index < -0.39 is 12.1 Å². The second kappa shape index (κ2) is 8.23. The van der Waals surface area contributed by atoms with Crippen molar-refractivity contribution in [1.29, 1.82) is 0 Å². The van der Waals surface area contributed by atoms with Gasteiger partial charge in [0.05, 0.1) is 17.2 Å². The lowest BCUT2D eigenvalue weighted by Gasteiger charge is -2.27. The van der Waals surface area contributed by atoms with Gasteiger partial charge in [-0.05, 0) is 36.5 Å². The summed E-state index contributed by atoms with van der Waals surface area (Å²) in [7, 11) is 0. The lowest BCUT2D eigenvalue weighted by molar-refractivity contribution is -0.124. The van der Waals surface area contributed by atoms with Crippen LogP contribution in [0.2, 0.25) is 5.02 Å². The van der Waals surface area contributed by atoms with Crippen LogP contribution in [0.5, 0.6) is 11.5 Å². The predicted octanol–water partition coefficient (Wildman–Crippen LogP) is 1.01. The van der Waals surface area contributed by atoms with Gasteiger partial charge >= 0.3 is 0 Å². The van der Waals surface area contributed by atoms with Gasteiger partial charge in [-0.1, -0.05) is 11.6 Å². The van der Waals surface area contributed by atoms with E-state index in [1.807, 2.05) is 0 Å². The summed E-state index contributed by atoms with van der Waals surface area (Å²) in [5.41, 5.74) is 6.58. The van der Waals surface area contributed by atoms with Gasteiger partial charge in [0.15, 0.2) is 11.5 Å². The van der Waals surface area contributed by atoms with E-state index in [0.717, 1.165) is 12.8 Å². The molecule has 1 fully saturated rings. The van der Waals surface area contributed by atoms with E-state index in [0.29, 0.717) is 48.5 Å². The fourth-order valence-electron chi connectivity index (χ4n) is 3.05. The molecule has 0 spiro atoms. The molecule has 4 N–H and O–H groups in total. The van der Waals surface area contributed by atoms with Gasteiger partial charge in [0.2, 0.25) is 5.91 Å². The monoisotopic (exact) mass is 370 g/mol. The second-order valence-corrected chi connectivity index (χ2v) is 6.67. The van der Waals surface area contributed by atoms with Crippen molar-refractivity contribution in [2.24, 2.45) is 11.7 Å². The first kappa shape index (κ1) is 18.3. The van der Waals surface area contributed by atoms with Crippen LogP contribution in [0.3, 0.4) is 0 Å². The van der Waals surface area contributed by atoms with Gasteiger partial charge in [-0.3, -0.25) is 4.79 Å². The van der Waals surface area contributed by atoms with Gasteiger partial charge in [-0.15, -0.1) is 0 Å². The molecular formula is C17H23ClN2O5. The fourth-order valence-corrected chi connectivity index (χ4v) is 3.32. The topological polar surface area (TPSA) is 103 Å². The second-order valence-electron chi connectivity index (χ2n) is 6.26. The molecule has 7 nitrogen and oxygen atoms in total. The summed E-state index contributed by atoms with van der Waals surface area (Å²) >= 11 is 6.17. The van der Waals surface area contributed by atoms with E-state index in [4.69, 9.17) is 31.5 Å². The Kier molecular flexibility index (Phi) is 6.01. The van der Waals surface area contributed by atoms with Gasteiger partial charge in [-0.25, -0.2) is 0 Å². The number of hydrogen-bond donors (Lipinski definition) is 3. The Morgan fingerprint density at radius 2 is 2.00 bits per heavy atom. The van der Waals surface area contributed by atoms with E-state index in [9.17, 15) is 9.90 Å². The van der Waals surface area contributed by atoms with Gasteiger partial charge < -0.3 is 30.4 Å². The van der Waals surface area contributed by atoms with E-state index in [1.54, 1.807) is 12.1 Å². The number of rotatable bonds is 5. The maximum atomic E-state index is 12.2. The number of aliphatic hydroxyl groups is 1. The minimum absolute atomic E-state index is 0.0473. The number of aliphatic hydroxyl groups excluding tert-OH is 1. The van der Waals surface area contributed by atoms with Crippen molar-refractivity contribution < 1.29 is 24.1 Å². The molecule has 3 rings (SSSR count). The highest BCUT2D eigenvalue weighted by Crippen LogP contribution is 2.39. The van der Waals surface area contributed by atoms with Crippen molar-refractivity contribution in [3.8, 4) is 11.5 Å². The van der Waals surface area contributed by atoms with Crippen molar-refractivity contribution in [2.75, 3.05) is 33.0 Å². The zero-order valence-electron chi connectivity index (χ0n) is 13.9. The molecule has 1 amide bonds. The molecule has 2 heterocycles. The third kappa shape index (κ3) is 4.36. The summed E-state index contributed by atoms with van der Waals surface area (Å²) in [6.07, 6.45) is 0.628. The molecule has 1 aromatic carbocycles. The molecule has 138 valence electrons. The molecule has 0 aliphatic carbocycles. The minimum Gasteiger partial charge on any atom is -0.486 e. The fraction of sp³-hybridized carbons (Fsp3) is 0.588. The minimum atomic E-state index is -0.917. The van der Waals surface area contributed by atoms with E-state index in [2.05, 4.69) is 5.32 Å². The molecule has 8 heteroatoms. The molecule has 0 aromatic heterocycles. The smallest absolute Gasteiger partial charge is 0.237 e. The van der Waals surface area contributed by atoms with Crippen molar-refractivity contribution in [3.05, 3.63) is 22.7 Å². The largest absolute Gasteiger partial charge is 0.486 e. The summed E-state index contributed by atoms with van der Waals surface area (Å²) in [5, 5.41) is 13.4. The van der Waals surface area contributed by atoms with Crippen LogP contribution >= 0.6 is 11.6 Å². The number of ether oxygens (including phenoxy) is 3. The normalized spacial score (nSPS) is 20.0. The molecule has 1 aromatic rings. The Morgan fingerprint density at radius 3 is 2.76 bits per heavy atom. The Labute approximate surface area is 151 Å². The van der Waals surface area contributed by atoms with Crippen molar-refractivity contribution in [2.45, 2.75) is 25.0 Å². The average Bonchev–Trinajstić information content (AvgIpc) is 2.65. The first-order valence-corrected chi connectivity index (χ1v) is 8.82. The molecule has 2 unspecified atom stereocenters. The van der Waals surface area contributed by atoms with Crippen LogP contribution in [0.25, 0.3) is 0 Å². The Bertz CT molecular complexity index is 621. The molecule has 0 saturated carbocycles. The van der Waals surface area contributed by atoms with Crippen LogP contribution in [0.1, 0.15) is 24.5 Å². The summed E-state index contributed by atoms with van der Waals surface area (Å²) < 4.78 is 16.2. The van der Waals surface area contributed by atoms with Gasteiger partial charge in [-0.2, -0.15) is 0 Å². The number of halogens is 1. The highest BCUT2D eigenvalue weighted by molar-refractivity contribution is 6.32. The van der Waals surface area contributed by atoms with Crippen molar-refractivity contribution >= 4 is 17.5 Å². The summed E-state index contributed by atoms with van der Waals surface area (Å²) in [6.45, 7) is 2.17. The van der Waals surface area contributed by atoms with Crippen LogP contribution in [-0.4, -0.2) is 50.0 Å². The van der Waals surface area contributed by atoms with Crippen molar-refractivity contribution in [3.63, 3.8) is 0 Å². The van der Waals surface area contributed by atoms with Crippen LogP contribution < -0.4 is 20.5 Å². The Hall–Kier alpha value is -1.54. The molecule has 25 heavy (non-hydrogen) atoms.